The Labute approximate surface area is 147 Å². The van der Waals surface area contributed by atoms with Gasteiger partial charge in [-0.2, -0.15) is 0 Å². The minimum Gasteiger partial charge on any atom is -0.321 e. The lowest BCUT2D eigenvalue weighted by atomic mass is 10.1. The number of carbonyl (C=O) groups is 1. The van der Waals surface area contributed by atoms with E-state index in [4.69, 9.17) is 0 Å². The van der Waals surface area contributed by atoms with Crippen molar-refractivity contribution in [3.05, 3.63) is 56.8 Å². The maximum Gasteiger partial charge on any atom is 0.272 e. The zero-order chi connectivity index (χ0) is 17.3. The van der Waals surface area contributed by atoms with E-state index in [2.05, 4.69) is 10.3 Å². The van der Waals surface area contributed by atoms with Crippen LogP contribution in [-0.2, 0) is 0 Å². The van der Waals surface area contributed by atoms with Crippen molar-refractivity contribution in [3.63, 3.8) is 0 Å². The lowest BCUT2D eigenvalue weighted by Crippen LogP contribution is -2.27. The summed E-state index contributed by atoms with van der Waals surface area (Å²) in [5, 5.41) is 5.11. The van der Waals surface area contributed by atoms with Crippen molar-refractivity contribution in [2.45, 2.75) is 25.8 Å². The molecular weight excluding hydrogens is 342 g/mol. The molecule has 0 unspecified atom stereocenters. The van der Waals surface area contributed by atoms with Crippen LogP contribution in [0.25, 0.3) is 4.96 Å². The highest BCUT2D eigenvalue weighted by Crippen LogP contribution is 2.22. The van der Waals surface area contributed by atoms with Gasteiger partial charge in [0.15, 0.2) is 4.96 Å². The van der Waals surface area contributed by atoms with E-state index in [9.17, 15) is 9.59 Å². The van der Waals surface area contributed by atoms with Crippen molar-refractivity contribution >= 4 is 39.7 Å². The Bertz CT molecular complexity index is 976. The number of aryl methyl sites for hydroxylation is 2. The zero-order valence-corrected chi connectivity index (χ0v) is 15.3. The van der Waals surface area contributed by atoms with Gasteiger partial charge < -0.3 is 5.32 Å². The number of nitrogens with one attached hydrogen (secondary N) is 1. The Morgan fingerprint density at radius 1 is 1.38 bits per heavy atom. The molecule has 0 bridgehead atoms. The van der Waals surface area contributed by atoms with Gasteiger partial charge in [-0.25, -0.2) is 4.98 Å². The van der Waals surface area contributed by atoms with Crippen LogP contribution in [0.1, 0.15) is 28.4 Å². The lowest BCUT2D eigenvalue weighted by Gasteiger charge is -2.11. The summed E-state index contributed by atoms with van der Waals surface area (Å²) in [5.41, 5.74) is 2.54. The molecule has 2 heterocycles. The van der Waals surface area contributed by atoms with Crippen LogP contribution in [0.5, 0.6) is 0 Å². The van der Waals surface area contributed by atoms with Crippen LogP contribution in [0.15, 0.2) is 39.6 Å². The van der Waals surface area contributed by atoms with Crippen molar-refractivity contribution in [2.75, 3.05) is 11.1 Å². The first-order valence-electron chi connectivity index (χ1n) is 7.52. The molecule has 1 N–H and O–H groups in total. The Hall–Kier alpha value is -2.12. The fraction of sp³-hybridized carbons (Fsp3) is 0.235. The first kappa shape index (κ1) is 16.7. The van der Waals surface area contributed by atoms with Crippen LogP contribution in [-0.4, -0.2) is 21.0 Å². The summed E-state index contributed by atoms with van der Waals surface area (Å²) in [4.78, 5) is 30.5. The van der Waals surface area contributed by atoms with Crippen molar-refractivity contribution < 1.29 is 4.79 Å². The van der Waals surface area contributed by atoms with E-state index in [1.54, 1.807) is 11.6 Å². The van der Waals surface area contributed by atoms with Gasteiger partial charge in [0.05, 0.1) is 0 Å². The van der Waals surface area contributed by atoms with Gasteiger partial charge in [0.25, 0.3) is 11.5 Å². The van der Waals surface area contributed by atoms with Crippen LogP contribution in [0, 0.1) is 13.8 Å². The lowest BCUT2D eigenvalue weighted by molar-refractivity contribution is 0.102. The Balaban J connectivity index is 2.06. The van der Waals surface area contributed by atoms with E-state index < -0.39 is 5.91 Å². The van der Waals surface area contributed by atoms with Crippen molar-refractivity contribution in [3.8, 4) is 0 Å². The molecule has 0 spiro atoms. The Morgan fingerprint density at radius 2 is 2.17 bits per heavy atom. The summed E-state index contributed by atoms with van der Waals surface area (Å²) in [6.07, 6.45) is 1.64. The summed E-state index contributed by atoms with van der Waals surface area (Å²) in [7, 11) is 0. The number of carbonyl (C=O) groups excluding carboxylic acids is 1. The summed E-state index contributed by atoms with van der Waals surface area (Å²) in [6, 6.07) is 5.77. The van der Waals surface area contributed by atoms with E-state index in [0.717, 1.165) is 16.9 Å². The molecule has 1 aromatic carbocycles. The van der Waals surface area contributed by atoms with Gasteiger partial charge in [-0.05, 0) is 31.2 Å². The number of rotatable bonds is 4. The number of aromatic nitrogens is 2. The number of hydrogen-bond donors (Lipinski definition) is 1. The standard InChI is InChI=1S/C17H17N3O2S2/c1-4-23-15-13(16(22)20-7-8-24-17(20)19-15)14(21)18-12-6-5-10(2)9-11(12)3/h5-9H,4H2,1-3H3,(H,18,21). The fourth-order valence-electron chi connectivity index (χ4n) is 2.44. The predicted octanol–water partition coefficient (Wildman–Crippen LogP) is 3.74. The van der Waals surface area contributed by atoms with Crippen molar-refractivity contribution in [1.29, 1.82) is 0 Å². The molecule has 7 heteroatoms. The number of fused-ring (bicyclic) bond motifs is 1. The zero-order valence-electron chi connectivity index (χ0n) is 13.6. The molecule has 24 heavy (non-hydrogen) atoms. The van der Waals surface area contributed by atoms with E-state index in [0.29, 0.717) is 15.7 Å². The summed E-state index contributed by atoms with van der Waals surface area (Å²) in [5.74, 6) is 0.314. The molecule has 0 aliphatic heterocycles. The molecular formula is C17H17N3O2S2. The SMILES string of the molecule is CCSc1nc2sccn2c(=O)c1C(=O)Nc1ccc(C)cc1C. The van der Waals surface area contributed by atoms with E-state index >= 15 is 0 Å². The highest BCUT2D eigenvalue weighted by molar-refractivity contribution is 7.99. The molecule has 124 valence electrons. The minimum atomic E-state index is -0.420. The molecule has 0 aliphatic carbocycles. The summed E-state index contributed by atoms with van der Waals surface area (Å²) < 4.78 is 1.42. The third kappa shape index (κ3) is 3.09. The second-order valence-electron chi connectivity index (χ2n) is 5.36. The Morgan fingerprint density at radius 3 is 2.88 bits per heavy atom. The van der Waals surface area contributed by atoms with Gasteiger partial charge in [-0.3, -0.25) is 14.0 Å². The van der Waals surface area contributed by atoms with Crippen LogP contribution < -0.4 is 10.9 Å². The monoisotopic (exact) mass is 359 g/mol. The smallest absolute Gasteiger partial charge is 0.272 e. The molecule has 0 radical (unpaired) electrons. The molecule has 5 nitrogen and oxygen atoms in total. The maximum atomic E-state index is 12.8. The normalized spacial score (nSPS) is 11.0. The minimum absolute atomic E-state index is 0.0951. The number of thiazole rings is 1. The van der Waals surface area contributed by atoms with Crippen LogP contribution in [0.2, 0.25) is 0 Å². The number of thioether (sulfide) groups is 1. The topological polar surface area (TPSA) is 63.5 Å². The third-order valence-corrected chi connectivity index (χ3v) is 5.19. The van der Waals surface area contributed by atoms with E-state index in [-0.39, 0.29) is 11.1 Å². The predicted molar refractivity (Wildman–Crippen MR) is 99.6 cm³/mol. The molecule has 0 saturated carbocycles. The molecule has 0 saturated heterocycles. The molecule has 2 aromatic heterocycles. The Kier molecular flexibility index (Phi) is 4.73. The number of hydrogen-bond acceptors (Lipinski definition) is 5. The second kappa shape index (κ2) is 6.78. The third-order valence-electron chi connectivity index (χ3n) is 3.57. The van der Waals surface area contributed by atoms with E-state index in [1.807, 2.05) is 39.0 Å². The highest BCUT2D eigenvalue weighted by atomic mass is 32.2. The summed E-state index contributed by atoms with van der Waals surface area (Å²) in [6.45, 7) is 5.89. The quantitative estimate of drug-likeness (QED) is 0.569. The van der Waals surface area contributed by atoms with Gasteiger partial charge in [0.2, 0.25) is 0 Å². The maximum absolute atomic E-state index is 12.8. The van der Waals surface area contributed by atoms with Crippen LogP contribution >= 0.6 is 23.1 Å². The first-order valence-corrected chi connectivity index (χ1v) is 9.39. The number of amides is 1. The first-order chi connectivity index (χ1) is 11.5. The van der Waals surface area contributed by atoms with Gasteiger partial charge in [0, 0.05) is 17.3 Å². The molecule has 0 atom stereocenters. The number of benzene rings is 1. The fourth-order valence-corrected chi connectivity index (χ4v) is 3.95. The molecule has 1 amide bonds. The number of anilines is 1. The molecule has 0 aliphatic rings. The summed E-state index contributed by atoms with van der Waals surface area (Å²) >= 11 is 2.78. The molecule has 3 aromatic rings. The van der Waals surface area contributed by atoms with Gasteiger partial charge in [-0.15, -0.1) is 23.1 Å². The van der Waals surface area contributed by atoms with E-state index in [1.165, 1.54) is 27.5 Å². The van der Waals surface area contributed by atoms with Gasteiger partial charge >= 0.3 is 0 Å². The number of nitrogens with zero attached hydrogens (tertiary/aromatic N) is 2. The van der Waals surface area contributed by atoms with Crippen LogP contribution in [0.3, 0.4) is 0 Å². The average molecular weight is 359 g/mol. The van der Waals surface area contributed by atoms with Crippen molar-refractivity contribution in [2.24, 2.45) is 0 Å². The highest BCUT2D eigenvalue weighted by Gasteiger charge is 2.21. The van der Waals surface area contributed by atoms with Gasteiger partial charge in [0.1, 0.15) is 10.6 Å². The molecule has 0 fully saturated rings. The van der Waals surface area contributed by atoms with Crippen molar-refractivity contribution in [1.82, 2.24) is 9.38 Å². The average Bonchev–Trinajstić information content (AvgIpc) is 2.99. The molecule has 3 rings (SSSR count). The van der Waals surface area contributed by atoms with Crippen LogP contribution in [0.4, 0.5) is 5.69 Å². The largest absolute Gasteiger partial charge is 0.321 e. The second-order valence-corrected chi connectivity index (χ2v) is 7.48. The van der Waals surface area contributed by atoms with Gasteiger partial charge in [-0.1, -0.05) is 24.6 Å².